The minimum absolute atomic E-state index is 0.205. The summed E-state index contributed by atoms with van der Waals surface area (Å²) < 4.78 is 2.20. The smallest absolute Gasteiger partial charge is 0.253 e. The molecule has 0 aromatic carbocycles. The number of aryl methyl sites for hydroxylation is 1. The van der Waals surface area contributed by atoms with Crippen molar-refractivity contribution in [1.29, 1.82) is 0 Å². The van der Waals surface area contributed by atoms with Crippen molar-refractivity contribution < 1.29 is 4.79 Å². The van der Waals surface area contributed by atoms with Gasteiger partial charge in [0.15, 0.2) is 5.82 Å². The Morgan fingerprint density at radius 1 is 1.29 bits per heavy atom. The zero-order chi connectivity index (χ0) is 16.8. The molecule has 0 unspecified atom stereocenters. The van der Waals surface area contributed by atoms with E-state index < -0.39 is 0 Å². The van der Waals surface area contributed by atoms with E-state index in [1.54, 1.807) is 12.1 Å². The minimum atomic E-state index is -0.227. The summed E-state index contributed by atoms with van der Waals surface area (Å²) in [5, 5.41) is 14.4. The molecule has 2 N–H and O–H groups in total. The molecule has 3 heterocycles. The fraction of sp³-hybridized carbons (Fsp3) is 0.412. The molecule has 1 aliphatic heterocycles. The summed E-state index contributed by atoms with van der Waals surface area (Å²) in [4.78, 5) is 16.0. The molecule has 0 aliphatic carbocycles. The van der Waals surface area contributed by atoms with Gasteiger partial charge in [-0.15, -0.1) is 16.6 Å². The van der Waals surface area contributed by atoms with Gasteiger partial charge in [-0.25, -0.2) is 4.98 Å². The lowest BCUT2D eigenvalue weighted by Gasteiger charge is -2.09. The van der Waals surface area contributed by atoms with Crippen molar-refractivity contribution in [3.05, 3.63) is 35.5 Å². The van der Waals surface area contributed by atoms with Crippen LogP contribution in [0.2, 0.25) is 0 Å². The van der Waals surface area contributed by atoms with Crippen LogP contribution in [0.4, 0.5) is 5.82 Å². The molecule has 7 heteroatoms. The number of terminal acetylenes is 1. The van der Waals surface area contributed by atoms with E-state index in [-0.39, 0.29) is 12.5 Å². The first-order valence-electron chi connectivity index (χ1n) is 8.10. The average Bonchev–Trinajstić information content (AvgIpc) is 2.84. The van der Waals surface area contributed by atoms with Crippen molar-refractivity contribution in [2.45, 2.75) is 38.8 Å². The van der Waals surface area contributed by atoms with Gasteiger partial charge in [0.2, 0.25) is 0 Å². The van der Waals surface area contributed by atoms with Crippen LogP contribution in [-0.4, -0.2) is 32.2 Å². The van der Waals surface area contributed by atoms with E-state index in [1.807, 2.05) is 0 Å². The summed E-state index contributed by atoms with van der Waals surface area (Å²) >= 11 is 0. The third-order valence-electron chi connectivity index (χ3n) is 3.99. The molecule has 24 heavy (non-hydrogen) atoms. The Morgan fingerprint density at radius 2 is 2.21 bits per heavy atom. The second-order valence-corrected chi connectivity index (χ2v) is 5.67. The van der Waals surface area contributed by atoms with Crippen LogP contribution in [0.25, 0.3) is 0 Å². The molecule has 0 saturated carbocycles. The van der Waals surface area contributed by atoms with E-state index in [1.165, 1.54) is 19.0 Å². The molecule has 0 atom stereocenters. The lowest BCUT2D eigenvalue weighted by atomic mass is 10.2. The molecule has 1 amide bonds. The largest absolute Gasteiger partial charge is 0.363 e. The quantitative estimate of drug-likeness (QED) is 0.812. The van der Waals surface area contributed by atoms with Crippen LogP contribution in [0.3, 0.4) is 0 Å². The molecule has 0 bridgehead atoms. The second-order valence-electron chi connectivity index (χ2n) is 5.67. The van der Waals surface area contributed by atoms with Crippen LogP contribution in [0.15, 0.2) is 18.3 Å². The Balaban J connectivity index is 1.60. The van der Waals surface area contributed by atoms with Gasteiger partial charge in [0.1, 0.15) is 11.6 Å². The highest BCUT2D eigenvalue weighted by Crippen LogP contribution is 2.15. The molecule has 0 saturated heterocycles. The van der Waals surface area contributed by atoms with Gasteiger partial charge < -0.3 is 15.2 Å². The van der Waals surface area contributed by atoms with Gasteiger partial charge in [-0.2, -0.15) is 0 Å². The molecule has 124 valence electrons. The Hall–Kier alpha value is -2.88. The average molecular weight is 324 g/mol. The molecule has 2 aromatic rings. The maximum atomic E-state index is 11.8. The number of amides is 1. The van der Waals surface area contributed by atoms with E-state index in [0.717, 1.165) is 31.0 Å². The number of fused-ring (bicyclic) bond motifs is 1. The summed E-state index contributed by atoms with van der Waals surface area (Å²) in [5.74, 6) is 4.82. The number of nitrogens with zero attached hydrogens (tertiary/aromatic N) is 4. The SMILES string of the molecule is C#CCNC(=O)c1ccc(NCc2nnc3n2CCCCC3)nc1. The van der Waals surface area contributed by atoms with Crippen molar-refractivity contribution in [3.8, 4) is 12.3 Å². The lowest BCUT2D eigenvalue weighted by Crippen LogP contribution is -2.23. The first kappa shape index (κ1) is 16.0. The Bertz CT molecular complexity index is 743. The molecule has 0 fully saturated rings. The molecular formula is C17H20N6O. The van der Waals surface area contributed by atoms with Crippen molar-refractivity contribution in [1.82, 2.24) is 25.1 Å². The van der Waals surface area contributed by atoms with Gasteiger partial charge in [-0.3, -0.25) is 4.79 Å². The molecule has 1 aliphatic rings. The Kier molecular flexibility index (Phi) is 5.06. The molecule has 0 spiro atoms. The fourth-order valence-electron chi connectivity index (χ4n) is 2.71. The summed E-state index contributed by atoms with van der Waals surface area (Å²) in [6, 6.07) is 3.48. The van der Waals surface area contributed by atoms with Crippen molar-refractivity contribution in [3.63, 3.8) is 0 Å². The number of carbonyl (C=O) groups is 1. The highest BCUT2D eigenvalue weighted by molar-refractivity contribution is 5.94. The standard InChI is InChI=1S/C17H20N6O/c1-2-9-18-17(24)13-7-8-14(19-11-13)20-12-16-22-21-15-6-4-3-5-10-23(15)16/h1,7-8,11H,3-6,9-10,12H2,(H,18,24)(H,19,20). The molecule has 7 nitrogen and oxygen atoms in total. The van der Waals surface area contributed by atoms with Gasteiger partial charge >= 0.3 is 0 Å². The molecule has 0 radical (unpaired) electrons. The van der Waals surface area contributed by atoms with Crippen LogP contribution in [0, 0.1) is 12.3 Å². The van der Waals surface area contributed by atoms with Crippen molar-refractivity contribution in [2.24, 2.45) is 0 Å². The lowest BCUT2D eigenvalue weighted by molar-refractivity contribution is 0.0958. The number of aromatic nitrogens is 4. The second kappa shape index (κ2) is 7.59. The van der Waals surface area contributed by atoms with E-state index in [4.69, 9.17) is 6.42 Å². The van der Waals surface area contributed by atoms with Crippen molar-refractivity contribution >= 4 is 11.7 Å². The van der Waals surface area contributed by atoms with Gasteiger partial charge in [-0.05, 0) is 25.0 Å². The van der Waals surface area contributed by atoms with Gasteiger partial charge in [0.05, 0.1) is 18.7 Å². The third kappa shape index (κ3) is 3.71. The topological polar surface area (TPSA) is 84.7 Å². The van der Waals surface area contributed by atoms with Crippen LogP contribution in [0.1, 0.15) is 41.3 Å². The fourth-order valence-corrected chi connectivity index (χ4v) is 2.71. The number of rotatable bonds is 5. The molecule has 3 rings (SSSR count). The first-order valence-corrected chi connectivity index (χ1v) is 8.10. The minimum Gasteiger partial charge on any atom is -0.363 e. The van der Waals surface area contributed by atoms with Crippen LogP contribution in [0.5, 0.6) is 0 Å². The van der Waals surface area contributed by atoms with E-state index in [2.05, 4.69) is 36.3 Å². The van der Waals surface area contributed by atoms with E-state index in [0.29, 0.717) is 17.9 Å². The zero-order valence-electron chi connectivity index (χ0n) is 13.5. The number of nitrogens with one attached hydrogen (secondary N) is 2. The summed E-state index contributed by atoms with van der Waals surface area (Å²) in [6.45, 7) is 1.74. The van der Waals surface area contributed by atoms with E-state index in [9.17, 15) is 4.79 Å². The number of hydrogen-bond acceptors (Lipinski definition) is 5. The number of hydrogen-bond donors (Lipinski definition) is 2. The van der Waals surface area contributed by atoms with E-state index >= 15 is 0 Å². The van der Waals surface area contributed by atoms with Gasteiger partial charge in [-0.1, -0.05) is 12.3 Å². The predicted octanol–water partition coefficient (Wildman–Crippen LogP) is 1.37. The number of carbonyl (C=O) groups excluding carboxylic acids is 1. The Morgan fingerprint density at radius 3 is 3.00 bits per heavy atom. The predicted molar refractivity (Wildman–Crippen MR) is 90.3 cm³/mol. The monoisotopic (exact) mass is 324 g/mol. The molecular weight excluding hydrogens is 304 g/mol. The number of pyridine rings is 1. The highest BCUT2D eigenvalue weighted by atomic mass is 16.1. The van der Waals surface area contributed by atoms with Crippen LogP contribution in [-0.2, 0) is 19.5 Å². The summed E-state index contributed by atoms with van der Waals surface area (Å²) in [7, 11) is 0. The van der Waals surface area contributed by atoms with Crippen LogP contribution >= 0.6 is 0 Å². The maximum absolute atomic E-state index is 11.8. The third-order valence-corrected chi connectivity index (χ3v) is 3.99. The number of anilines is 1. The van der Waals surface area contributed by atoms with Crippen molar-refractivity contribution in [2.75, 3.05) is 11.9 Å². The summed E-state index contributed by atoms with van der Waals surface area (Å²) in [6.07, 6.45) is 11.2. The van der Waals surface area contributed by atoms with Gasteiger partial charge in [0, 0.05) is 19.2 Å². The molecule has 2 aromatic heterocycles. The Labute approximate surface area is 140 Å². The first-order chi connectivity index (χ1) is 11.8. The summed E-state index contributed by atoms with van der Waals surface area (Å²) in [5.41, 5.74) is 0.479. The van der Waals surface area contributed by atoms with Gasteiger partial charge in [0.25, 0.3) is 5.91 Å². The maximum Gasteiger partial charge on any atom is 0.253 e. The highest BCUT2D eigenvalue weighted by Gasteiger charge is 2.14. The zero-order valence-corrected chi connectivity index (χ0v) is 13.5. The van der Waals surface area contributed by atoms with Crippen LogP contribution < -0.4 is 10.6 Å². The normalized spacial score (nSPS) is 13.5.